The largest absolute Gasteiger partial charge is 0.434 e. The third kappa shape index (κ3) is 2.04. The van der Waals surface area contributed by atoms with Crippen LogP contribution in [0.25, 0.3) is 0 Å². The molecule has 0 bridgehead atoms. The highest BCUT2D eigenvalue weighted by Crippen LogP contribution is 2.35. The van der Waals surface area contributed by atoms with E-state index in [2.05, 4.69) is 0 Å². The van der Waals surface area contributed by atoms with Gasteiger partial charge in [-0.25, -0.2) is 0 Å². The van der Waals surface area contributed by atoms with Gasteiger partial charge in [0.25, 0.3) is 6.10 Å². The first-order valence-corrected chi connectivity index (χ1v) is 6.41. The number of β-lactam (4-membered cyclic amide) rings is 1. The van der Waals surface area contributed by atoms with Crippen LogP contribution in [-0.4, -0.2) is 41.7 Å². The number of carbonyl (C=O) groups excluding carboxylic acids is 1. The minimum absolute atomic E-state index is 0.176. The van der Waals surface area contributed by atoms with E-state index < -0.39 is 11.9 Å². The summed E-state index contributed by atoms with van der Waals surface area (Å²) >= 11 is 0. The van der Waals surface area contributed by atoms with Gasteiger partial charge in [-0.15, -0.1) is 0 Å². The Morgan fingerprint density at radius 3 is 2.58 bits per heavy atom. The van der Waals surface area contributed by atoms with E-state index in [1.54, 1.807) is 4.90 Å². The van der Waals surface area contributed by atoms with E-state index in [1.165, 1.54) is 0 Å². The van der Waals surface area contributed by atoms with E-state index in [0.29, 0.717) is 6.61 Å². The summed E-state index contributed by atoms with van der Waals surface area (Å²) in [6.45, 7) is 4.11. The molecule has 102 valence electrons. The number of hydrogen-bond donors (Lipinski definition) is 0. The number of rotatable bonds is 2. The van der Waals surface area contributed by atoms with Crippen molar-refractivity contribution in [3.05, 3.63) is 30.3 Å². The maximum absolute atomic E-state index is 11.9. The minimum Gasteiger partial charge on any atom is -0.434 e. The van der Waals surface area contributed by atoms with Crippen molar-refractivity contribution in [2.45, 2.75) is 37.9 Å². The van der Waals surface area contributed by atoms with Crippen molar-refractivity contribution in [2.75, 3.05) is 11.5 Å². The fourth-order valence-electron chi connectivity index (χ4n) is 2.66. The number of para-hydroxylation sites is 1. The highest BCUT2D eigenvalue weighted by Gasteiger charge is 2.58. The van der Waals surface area contributed by atoms with Crippen molar-refractivity contribution in [2.24, 2.45) is 0 Å². The lowest BCUT2D eigenvalue weighted by atomic mass is 9.92. The number of benzene rings is 1. The Bertz CT molecular complexity index is 487. The standard InChI is InChI=1S/C14H17NO4/c1-14(2)18-8-10(19-14)11-12(16)13(17)15(11)9-6-4-3-5-7-9/h3-7,10-12,16H,8H2,1-2H3/p+1/t10?,11-,12+/m0/s1. The van der Waals surface area contributed by atoms with Crippen molar-refractivity contribution in [3.8, 4) is 0 Å². The van der Waals surface area contributed by atoms with Gasteiger partial charge in [0.1, 0.15) is 12.1 Å². The van der Waals surface area contributed by atoms with Gasteiger partial charge < -0.3 is 14.6 Å². The number of carbonyl (C=O) groups is 1. The number of anilines is 1. The van der Waals surface area contributed by atoms with Gasteiger partial charge in [0.2, 0.25) is 0 Å². The molecule has 0 spiro atoms. The van der Waals surface area contributed by atoms with Crippen molar-refractivity contribution in [1.82, 2.24) is 0 Å². The maximum atomic E-state index is 11.9. The Balaban J connectivity index is 1.83. The van der Waals surface area contributed by atoms with Gasteiger partial charge >= 0.3 is 5.91 Å². The molecule has 19 heavy (non-hydrogen) atoms. The highest BCUT2D eigenvalue weighted by atomic mass is 16.7. The van der Waals surface area contributed by atoms with Crippen LogP contribution in [0.15, 0.2) is 30.3 Å². The van der Waals surface area contributed by atoms with E-state index >= 15 is 0 Å². The van der Waals surface area contributed by atoms with E-state index in [9.17, 15) is 4.79 Å². The van der Waals surface area contributed by atoms with E-state index in [0.717, 1.165) is 5.69 Å². The molecule has 5 heteroatoms. The zero-order valence-corrected chi connectivity index (χ0v) is 11.0. The summed E-state index contributed by atoms with van der Waals surface area (Å²) in [7, 11) is 0. The number of nitrogens with zero attached hydrogens (tertiary/aromatic N) is 1. The van der Waals surface area contributed by atoms with Crippen molar-refractivity contribution in [1.29, 1.82) is 0 Å². The van der Waals surface area contributed by atoms with Crippen LogP contribution in [0.4, 0.5) is 5.69 Å². The molecular weight excluding hydrogens is 246 g/mol. The zero-order chi connectivity index (χ0) is 13.6. The van der Waals surface area contributed by atoms with Crippen LogP contribution in [0.5, 0.6) is 0 Å². The normalized spacial score (nSPS) is 33.3. The molecule has 2 aliphatic heterocycles. The molecule has 1 aromatic carbocycles. The SMILES string of the molecule is CC1(C)OCC([C@H]2[C@@H]([OH2+])C(=O)N2c2ccccc2)O1. The predicted octanol–water partition coefficient (Wildman–Crippen LogP) is 0.646. The molecule has 1 aromatic rings. The second kappa shape index (κ2) is 4.30. The van der Waals surface area contributed by atoms with Crippen LogP contribution in [0.2, 0.25) is 0 Å². The molecule has 1 unspecified atom stereocenters. The number of amides is 1. The summed E-state index contributed by atoms with van der Waals surface area (Å²) in [6, 6.07) is 9.14. The van der Waals surface area contributed by atoms with Crippen molar-refractivity contribution < 1.29 is 19.4 Å². The molecule has 0 aliphatic carbocycles. The molecular formula is C14H18NO4+. The molecule has 1 amide bonds. The summed E-state index contributed by atoms with van der Waals surface area (Å²) in [5.41, 5.74) is 0.814. The van der Waals surface area contributed by atoms with Crippen LogP contribution in [0, 0.1) is 0 Å². The van der Waals surface area contributed by atoms with Crippen LogP contribution in [-0.2, 0) is 14.3 Å². The van der Waals surface area contributed by atoms with Crippen LogP contribution in [0.3, 0.4) is 0 Å². The van der Waals surface area contributed by atoms with Gasteiger partial charge in [0.05, 0.1) is 6.61 Å². The quantitative estimate of drug-likeness (QED) is 0.582. The smallest absolute Gasteiger partial charge is 0.309 e. The topological polar surface area (TPSA) is 61.7 Å². The minimum atomic E-state index is -0.761. The van der Waals surface area contributed by atoms with Gasteiger partial charge in [-0.2, -0.15) is 0 Å². The average Bonchev–Trinajstić information content (AvgIpc) is 2.75. The van der Waals surface area contributed by atoms with Gasteiger partial charge in [-0.1, -0.05) is 18.2 Å². The molecule has 3 rings (SSSR count). The Morgan fingerprint density at radius 1 is 1.32 bits per heavy atom. The number of ether oxygens (including phenoxy) is 2. The molecule has 2 saturated heterocycles. The van der Waals surface area contributed by atoms with E-state index in [1.807, 2.05) is 44.2 Å². The molecule has 3 atom stereocenters. The lowest BCUT2D eigenvalue weighted by Crippen LogP contribution is -2.70. The van der Waals surface area contributed by atoms with Crippen molar-refractivity contribution in [3.63, 3.8) is 0 Å². The maximum Gasteiger partial charge on any atom is 0.309 e. The van der Waals surface area contributed by atoms with Gasteiger partial charge in [0.15, 0.2) is 5.79 Å². The van der Waals surface area contributed by atoms with Gasteiger partial charge in [0, 0.05) is 5.69 Å². The summed E-state index contributed by atoms with van der Waals surface area (Å²) in [5.74, 6) is -0.810. The first kappa shape index (κ1) is 12.6. The van der Waals surface area contributed by atoms with Crippen LogP contribution >= 0.6 is 0 Å². The van der Waals surface area contributed by atoms with Gasteiger partial charge in [-0.05, 0) is 26.0 Å². The monoisotopic (exact) mass is 264 g/mol. The van der Waals surface area contributed by atoms with E-state index in [-0.39, 0.29) is 18.1 Å². The lowest BCUT2D eigenvalue weighted by molar-refractivity contribution is -0.158. The van der Waals surface area contributed by atoms with Crippen LogP contribution < -0.4 is 4.90 Å². The third-order valence-corrected chi connectivity index (χ3v) is 3.59. The molecule has 2 fully saturated rings. The summed E-state index contributed by atoms with van der Waals surface area (Å²) < 4.78 is 11.3. The van der Waals surface area contributed by atoms with Crippen molar-refractivity contribution >= 4 is 11.6 Å². The average molecular weight is 264 g/mol. The lowest BCUT2D eigenvalue weighted by Gasteiger charge is -2.43. The second-order valence-corrected chi connectivity index (χ2v) is 5.38. The molecule has 0 radical (unpaired) electrons. The predicted molar refractivity (Wildman–Crippen MR) is 70.0 cm³/mol. The third-order valence-electron chi connectivity index (χ3n) is 3.59. The molecule has 0 aromatic heterocycles. The Morgan fingerprint density at radius 2 is 2.00 bits per heavy atom. The number of hydrogen-bond acceptors (Lipinski definition) is 3. The molecule has 5 nitrogen and oxygen atoms in total. The summed E-state index contributed by atoms with van der Waals surface area (Å²) in [5, 5.41) is 7.92. The van der Waals surface area contributed by atoms with E-state index in [4.69, 9.17) is 14.6 Å². The molecule has 2 heterocycles. The molecule has 0 saturated carbocycles. The highest BCUT2D eigenvalue weighted by molar-refractivity contribution is 6.04. The molecule has 2 N–H and O–H groups in total. The fraction of sp³-hybridized carbons (Fsp3) is 0.500. The molecule has 2 aliphatic rings. The zero-order valence-electron chi connectivity index (χ0n) is 11.0. The summed E-state index contributed by atoms with van der Waals surface area (Å²) in [6.07, 6.45) is -1.00. The Hall–Kier alpha value is -1.43. The first-order valence-electron chi connectivity index (χ1n) is 6.41. The first-order chi connectivity index (χ1) is 8.99. The Kier molecular flexibility index (Phi) is 2.85. The fourth-order valence-corrected chi connectivity index (χ4v) is 2.66. The summed E-state index contributed by atoms with van der Waals surface area (Å²) in [4.78, 5) is 13.6. The second-order valence-electron chi connectivity index (χ2n) is 5.38. The van der Waals surface area contributed by atoms with Gasteiger partial charge in [-0.3, -0.25) is 9.69 Å². The Labute approximate surface area is 111 Å². The van der Waals surface area contributed by atoms with Crippen LogP contribution in [0.1, 0.15) is 13.8 Å².